The van der Waals surface area contributed by atoms with Crippen molar-refractivity contribution in [2.45, 2.75) is 45.0 Å². The fraction of sp³-hybridized carbons (Fsp3) is 0.391. The number of hydrogen-bond donors (Lipinski definition) is 1. The van der Waals surface area contributed by atoms with Crippen LogP contribution in [0.5, 0.6) is 0 Å². The Morgan fingerprint density at radius 3 is 2.61 bits per heavy atom. The SMILES string of the molecule is Cc1cc([C@@H](C)O[C@H]2OCCN(Cc3nn(P=O)c(=O)[nH]3)[C@H]2c2ccc(F)cc2)cc(C(F)(F)F)c1. The molecule has 0 saturated carbocycles. The molecule has 0 spiro atoms. The Labute approximate surface area is 205 Å². The average Bonchev–Trinajstić information content (AvgIpc) is 3.18. The Balaban J connectivity index is 1.64. The quantitative estimate of drug-likeness (QED) is 0.353. The predicted molar refractivity (Wildman–Crippen MR) is 121 cm³/mol. The average molecular weight is 526 g/mol. The number of rotatable bonds is 7. The fourth-order valence-corrected chi connectivity index (χ4v) is 4.44. The highest BCUT2D eigenvalue weighted by Gasteiger charge is 2.37. The molecule has 3 atom stereocenters. The summed E-state index contributed by atoms with van der Waals surface area (Å²) in [6.45, 7) is 3.95. The highest BCUT2D eigenvalue weighted by molar-refractivity contribution is 7.21. The Kier molecular flexibility index (Phi) is 7.70. The number of benzene rings is 2. The first kappa shape index (κ1) is 26.2. The van der Waals surface area contributed by atoms with Gasteiger partial charge in [-0.05, 0) is 49.2 Å². The van der Waals surface area contributed by atoms with Crippen LogP contribution in [-0.4, -0.2) is 38.9 Å². The van der Waals surface area contributed by atoms with E-state index in [0.29, 0.717) is 23.2 Å². The van der Waals surface area contributed by atoms with Crippen molar-refractivity contribution in [3.8, 4) is 0 Å². The van der Waals surface area contributed by atoms with Crippen LogP contribution in [-0.2, 0) is 26.8 Å². The highest BCUT2D eigenvalue weighted by Crippen LogP contribution is 2.36. The molecule has 8 nitrogen and oxygen atoms in total. The van der Waals surface area contributed by atoms with Gasteiger partial charge in [0, 0.05) is 6.54 Å². The lowest BCUT2D eigenvalue weighted by atomic mass is 10.0. The molecule has 1 aliphatic rings. The Bertz CT molecular complexity index is 1280. The first-order valence-electron chi connectivity index (χ1n) is 11.0. The van der Waals surface area contributed by atoms with Crippen LogP contribution in [0.4, 0.5) is 17.6 Å². The van der Waals surface area contributed by atoms with E-state index in [4.69, 9.17) is 9.47 Å². The number of ether oxygens (including phenoxy) is 2. The molecule has 1 saturated heterocycles. The lowest BCUT2D eigenvalue weighted by Crippen LogP contribution is -2.46. The molecule has 192 valence electrons. The number of H-pyrrole nitrogens is 1. The van der Waals surface area contributed by atoms with Crippen LogP contribution in [0.2, 0.25) is 0 Å². The molecule has 0 radical (unpaired) electrons. The zero-order valence-electron chi connectivity index (χ0n) is 19.3. The van der Waals surface area contributed by atoms with E-state index >= 15 is 0 Å². The molecule has 4 rings (SSSR count). The third-order valence-electron chi connectivity index (χ3n) is 5.84. The van der Waals surface area contributed by atoms with E-state index in [1.54, 1.807) is 32.0 Å². The van der Waals surface area contributed by atoms with E-state index in [0.717, 1.165) is 16.6 Å². The van der Waals surface area contributed by atoms with E-state index in [9.17, 15) is 26.9 Å². The molecule has 3 aromatic rings. The molecule has 0 aliphatic carbocycles. The Hall–Kier alpha value is -2.92. The van der Waals surface area contributed by atoms with Crippen LogP contribution in [0.25, 0.3) is 0 Å². The van der Waals surface area contributed by atoms with Crippen molar-refractivity contribution in [1.29, 1.82) is 0 Å². The first-order chi connectivity index (χ1) is 17.0. The van der Waals surface area contributed by atoms with Crippen molar-refractivity contribution in [2.24, 2.45) is 0 Å². The van der Waals surface area contributed by atoms with E-state index < -0.39 is 50.3 Å². The van der Waals surface area contributed by atoms with Crippen molar-refractivity contribution in [3.63, 3.8) is 0 Å². The molecular formula is C23H23F4N4O4P. The Morgan fingerprint density at radius 2 is 1.97 bits per heavy atom. The summed E-state index contributed by atoms with van der Waals surface area (Å²) in [7, 11) is -0.586. The maximum Gasteiger partial charge on any atom is 0.416 e. The summed E-state index contributed by atoms with van der Waals surface area (Å²) >= 11 is 0. The zero-order valence-corrected chi connectivity index (χ0v) is 20.2. The van der Waals surface area contributed by atoms with Gasteiger partial charge in [0.1, 0.15) is 11.6 Å². The van der Waals surface area contributed by atoms with E-state index in [1.165, 1.54) is 12.1 Å². The second-order valence-electron chi connectivity index (χ2n) is 8.46. The van der Waals surface area contributed by atoms with E-state index in [-0.39, 0.29) is 19.0 Å². The van der Waals surface area contributed by atoms with Gasteiger partial charge in [-0.25, -0.2) is 13.8 Å². The van der Waals surface area contributed by atoms with Gasteiger partial charge in [-0.1, -0.05) is 23.8 Å². The van der Waals surface area contributed by atoms with Gasteiger partial charge < -0.3 is 9.47 Å². The summed E-state index contributed by atoms with van der Waals surface area (Å²) in [6.07, 6.45) is -6.20. The summed E-state index contributed by atoms with van der Waals surface area (Å²) in [5, 5.41) is 3.97. The molecule has 0 unspecified atom stereocenters. The number of hydrogen-bond acceptors (Lipinski definition) is 6. The molecule has 13 heteroatoms. The predicted octanol–water partition coefficient (Wildman–Crippen LogP) is 4.77. The number of alkyl halides is 3. The fourth-order valence-electron chi connectivity index (χ4n) is 4.18. The number of nitrogens with zero attached hydrogens (tertiary/aromatic N) is 3. The zero-order chi connectivity index (χ0) is 26.0. The van der Waals surface area contributed by atoms with Crippen LogP contribution < -0.4 is 5.69 Å². The van der Waals surface area contributed by atoms with Crippen LogP contribution in [0.1, 0.15) is 47.1 Å². The van der Waals surface area contributed by atoms with Crippen molar-refractivity contribution < 1.29 is 31.6 Å². The van der Waals surface area contributed by atoms with Crippen LogP contribution >= 0.6 is 8.61 Å². The lowest BCUT2D eigenvalue weighted by molar-refractivity contribution is -0.231. The number of aromatic amines is 1. The molecule has 0 bridgehead atoms. The molecule has 1 fully saturated rings. The molecule has 2 aromatic carbocycles. The van der Waals surface area contributed by atoms with Gasteiger partial charge in [0.05, 0.1) is 30.9 Å². The number of aryl methyl sites for hydroxylation is 1. The Morgan fingerprint density at radius 1 is 1.25 bits per heavy atom. The molecule has 1 aliphatic heterocycles. The minimum Gasteiger partial charge on any atom is -0.349 e. The van der Waals surface area contributed by atoms with Crippen LogP contribution in [0.3, 0.4) is 0 Å². The normalized spacial score (nSPS) is 20.1. The van der Waals surface area contributed by atoms with E-state index in [2.05, 4.69) is 10.1 Å². The minimum absolute atomic E-state index is 0.125. The lowest BCUT2D eigenvalue weighted by Gasteiger charge is -2.41. The first-order valence-corrected chi connectivity index (χ1v) is 11.8. The third-order valence-corrected chi connectivity index (χ3v) is 6.26. The van der Waals surface area contributed by atoms with Gasteiger partial charge in [-0.2, -0.15) is 13.2 Å². The number of morpholine rings is 1. The maximum absolute atomic E-state index is 13.6. The number of aromatic nitrogens is 3. The molecule has 2 heterocycles. The molecular weight excluding hydrogens is 503 g/mol. The summed E-state index contributed by atoms with van der Waals surface area (Å²) in [4.78, 5) is 16.3. The van der Waals surface area contributed by atoms with E-state index in [1.807, 2.05) is 4.90 Å². The maximum atomic E-state index is 13.6. The smallest absolute Gasteiger partial charge is 0.349 e. The summed E-state index contributed by atoms with van der Waals surface area (Å²) in [5.41, 5.74) is -0.00883. The second kappa shape index (κ2) is 10.6. The highest BCUT2D eigenvalue weighted by atomic mass is 31.1. The van der Waals surface area contributed by atoms with Gasteiger partial charge in [0.25, 0.3) is 0 Å². The van der Waals surface area contributed by atoms with Gasteiger partial charge in [-0.15, -0.1) is 9.55 Å². The largest absolute Gasteiger partial charge is 0.416 e. The van der Waals surface area contributed by atoms with Crippen LogP contribution in [0, 0.1) is 12.7 Å². The number of nitrogens with one attached hydrogen (secondary N) is 1. The standard InChI is InChI=1S/C23H23F4N4O4P/c1-13-9-16(11-17(10-13)23(25,26)27)14(2)35-21-20(15-3-5-18(24)6-4-15)30(7-8-34-21)12-19-28-22(32)31(29-19)36-33/h3-6,9-11,14,20-21H,7-8,12H2,1-2H3,(H,28,29,32)/t14-,20+,21-/m1/s1. The molecule has 1 aromatic heterocycles. The molecule has 36 heavy (non-hydrogen) atoms. The summed E-state index contributed by atoms with van der Waals surface area (Å²) in [5.74, 6) is -0.192. The van der Waals surface area contributed by atoms with Gasteiger partial charge >= 0.3 is 20.5 Å². The van der Waals surface area contributed by atoms with Gasteiger partial charge in [0.15, 0.2) is 6.29 Å². The monoisotopic (exact) mass is 526 g/mol. The minimum atomic E-state index is -4.50. The van der Waals surface area contributed by atoms with Crippen molar-refractivity contribution in [3.05, 3.63) is 86.8 Å². The topological polar surface area (TPSA) is 89.4 Å². The van der Waals surface area contributed by atoms with Crippen molar-refractivity contribution >= 4 is 8.61 Å². The van der Waals surface area contributed by atoms with Crippen LogP contribution in [0.15, 0.2) is 47.3 Å². The third kappa shape index (κ3) is 5.89. The van der Waals surface area contributed by atoms with Gasteiger partial charge in [-0.3, -0.25) is 9.88 Å². The van der Waals surface area contributed by atoms with Crippen molar-refractivity contribution in [2.75, 3.05) is 13.2 Å². The van der Waals surface area contributed by atoms with Gasteiger partial charge in [0.2, 0.25) is 0 Å². The van der Waals surface area contributed by atoms with Crippen molar-refractivity contribution in [1.82, 2.24) is 19.4 Å². The number of halogens is 4. The second-order valence-corrected chi connectivity index (χ2v) is 9.00. The molecule has 0 amide bonds. The summed E-state index contributed by atoms with van der Waals surface area (Å²) < 4.78 is 77.5. The summed E-state index contributed by atoms with van der Waals surface area (Å²) in [6, 6.07) is 8.82. The molecule has 1 N–H and O–H groups in total.